The number of alkyl halides is 1. The quantitative estimate of drug-likeness (QED) is 0.740. The normalized spacial score (nSPS) is 30.8. The summed E-state index contributed by atoms with van der Waals surface area (Å²) in [5.41, 5.74) is -1.59. The van der Waals surface area contributed by atoms with Gasteiger partial charge in [0, 0.05) is 25.7 Å². The van der Waals surface area contributed by atoms with Gasteiger partial charge in [-0.1, -0.05) is 31.2 Å². The van der Waals surface area contributed by atoms with Gasteiger partial charge in [-0.2, -0.15) is 0 Å². The number of carbonyl (C=O) groups excluding carboxylic acids is 1. The van der Waals surface area contributed by atoms with E-state index in [0.717, 1.165) is 19.4 Å². The number of piperidine rings is 1. The molecule has 0 bridgehead atoms. The third kappa shape index (κ3) is 4.25. The fourth-order valence-electron chi connectivity index (χ4n) is 4.15. The van der Waals surface area contributed by atoms with E-state index < -0.39 is 5.67 Å². The van der Waals surface area contributed by atoms with Crippen LogP contribution < -0.4 is 4.72 Å². The average molecular weight is 359 g/mol. The number of halogens is 1. The third-order valence-corrected chi connectivity index (χ3v) is 6.45. The molecule has 0 radical (unpaired) electrons. The van der Waals surface area contributed by atoms with Gasteiger partial charge >= 0.3 is 0 Å². The van der Waals surface area contributed by atoms with Crippen molar-refractivity contribution in [1.29, 1.82) is 0 Å². The van der Waals surface area contributed by atoms with E-state index in [1.165, 1.54) is 32.1 Å². The van der Waals surface area contributed by atoms with E-state index in [0.29, 0.717) is 31.8 Å². The van der Waals surface area contributed by atoms with Crippen LogP contribution in [-0.2, 0) is 9.53 Å². The molecule has 3 fully saturated rings. The van der Waals surface area contributed by atoms with E-state index in [1.54, 1.807) is 16.8 Å². The second-order valence-electron chi connectivity index (χ2n) is 7.66. The molecule has 138 valence electrons. The minimum atomic E-state index is -1.59. The SMILES string of the molecule is CSNC1CCN(C(=O)C2(F)CCC2)CC1OCC1CCCCC1. The highest BCUT2D eigenvalue weighted by Gasteiger charge is 2.48. The Hall–Kier alpha value is -0.330. The second kappa shape index (κ2) is 8.37. The monoisotopic (exact) mass is 358 g/mol. The zero-order valence-electron chi connectivity index (χ0n) is 14.8. The molecule has 3 aliphatic rings. The van der Waals surface area contributed by atoms with Crippen LogP contribution in [0.1, 0.15) is 57.8 Å². The van der Waals surface area contributed by atoms with Crippen molar-refractivity contribution in [2.24, 2.45) is 5.92 Å². The number of ether oxygens (including phenoxy) is 1. The lowest BCUT2D eigenvalue weighted by Crippen LogP contribution is -2.59. The molecular weight excluding hydrogens is 327 g/mol. The molecule has 0 aromatic rings. The number of likely N-dealkylation sites (tertiary alicyclic amines) is 1. The van der Waals surface area contributed by atoms with E-state index in [9.17, 15) is 9.18 Å². The van der Waals surface area contributed by atoms with Crippen LogP contribution in [0.15, 0.2) is 0 Å². The molecule has 2 unspecified atom stereocenters. The molecule has 1 saturated heterocycles. The van der Waals surface area contributed by atoms with Gasteiger partial charge in [0.1, 0.15) is 0 Å². The van der Waals surface area contributed by atoms with E-state index in [-0.39, 0.29) is 18.1 Å². The van der Waals surface area contributed by atoms with Crippen LogP contribution in [0, 0.1) is 5.92 Å². The minimum absolute atomic E-state index is 0.0271. The summed E-state index contributed by atoms with van der Waals surface area (Å²) in [7, 11) is 0. The van der Waals surface area contributed by atoms with Crippen LogP contribution >= 0.6 is 11.9 Å². The number of amides is 1. The van der Waals surface area contributed by atoms with Crippen molar-refractivity contribution in [3.8, 4) is 0 Å². The molecule has 0 aromatic carbocycles. The first-order valence-corrected chi connectivity index (χ1v) is 10.7. The predicted molar refractivity (Wildman–Crippen MR) is 95.6 cm³/mol. The van der Waals surface area contributed by atoms with Crippen LogP contribution in [0.2, 0.25) is 0 Å². The molecule has 2 aliphatic carbocycles. The topological polar surface area (TPSA) is 41.6 Å². The zero-order chi connectivity index (χ0) is 17.0. The first-order chi connectivity index (χ1) is 11.6. The number of hydrogen-bond acceptors (Lipinski definition) is 4. The van der Waals surface area contributed by atoms with Crippen molar-refractivity contribution in [1.82, 2.24) is 9.62 Å². The van der Waals surface area contributed by atoms with Gasteiger partial charge in [0.25, 0.3) is 5.91 Å². The smallest absolute Gasteiger partial charge is 0.260 e. The molecule has 6 heteroatoms. The molecule has 0 spiro atoms. The van der Waals surface area contributed by atoms with Gasteiger partial charge in [-0.25, -0.2) is 4.39 Å². The summed E-state index contributed by atoms with van der Waals surface area (Å²) in [6.45, 7) is 1.93. The Morgan fingerprint density at radius 1 is 1.25 bits per heavy atom. The summed E-state index contributed by atoms with van der Waals surface area (Å²) < 4.78 is 24.1. The standard InChI is InChI=1S/C18H31FN2O2S/c1-24-20-15-8-11-21(17(22)18(19)9-5-10-18)12-16(15)23-13-14-6-3-2-4-7-14/h14-16,20H,2-13H2,1H3. The highest BCUT2D eigenvalue weighted by atomic mass is 32.2. The van der Waals surface area contributed by atoms with Crippen molar-refractivity contribution >= 4 is 17.9 Å². The molecule has 2 atom stereocenters. The van der Waals surface area contributed by atoms with Gasteiger partial charge in [0.05, 0.1) is 6.10 Å². The first-order valence-electron chi connectivity index (χ1n) is 9.51. The molecule has 4 nitrogen and oxygen atoms in total. The van der Waals surface area contributed by atoms with E-state index in [4.69, 9.17) is 4.74 Å². The summed E-state index contributed by atoms with van der Waals surface area (Å²) in [5.74, 6) is 0.349. The Bertz CT molecular complexity index is 427. The highest BCUT2D eigenvalue weighted by molar-refractivity contribution is 7.96. The Morgan fingerprint density at radius 3 is 2.62 bits per heavy atom. The van der Waals surface area contributed by atoms with Crippen LogP contribution in [0.4, 0.5) is 4.39 Å². The van der Waals surface area contributed by atoms with Crippen molar-refractivity contribution in [3.63, 3.8) is 0 Å². The third-order valence-electron chi connectivity index (χ3n) is 5.92. The summed E-state index contributed by atoms with van der Waals surface area (Å²) in [6.07, 6.45) is 10.9. The Kier molecular flexibility index (Phi) is 6.44. The number of nitrogens with zero attached hydrogens (tertiary/aromatic N) is 1. The molecule has 1 aliphatic heterocycles. The Labute approximate surface area is 149 Å². The number of hydrogen-bond donors (Lipinski definition) is 1. The first kappa shape index (κ1) is 18.5. The minimum Gasteiger partial charge on any atom is -0.374 e. The fraction of sp³-hybridized carbons (Fsp3) is 0.944. The summed E-state index contributed by atoms with van der Waals surface area (Å²) in [5, 5.41) is 0. The second-order valence-corrected chi connectivity index (χ2v) is 8.31. The maximum absolute atomic E-state index is 14.5. The Balaban J connectivity index is 1.55. The molecule has 1 N–H and O–H groups in total. The molecule has 0 aromatic heterocycles. The maximum atomic E-state index is 14.5. The largest absolute Gasteiger partial charge is 0.374 e. The van der Waals surface area contributed by atoms with E-state index in [2.05, 4.69) is 4.72 Å². The molecule has 1 amide bonds. The van der Waals surface area contributed by atoms with Gasteiger partial charge in [-0.15, -0.1) is 0 Å². The van der Waals surface area contributed by atoms with Crippen LogP contribution in [0.5, 0.6) is 0 Å². The van der Waals surface area contributed by atoms with Crippen molar-refractivity contribution in [2.75, 3.05) is 26.0 Å². The van der Waals surface area contributed by atoms with Crippen molar-refractivity contribution < 1.29 is 13.9 Å². The highest BCUT2D eigenvalue weighted by Crippen LogP contribution is 2.38. The molecule has 3 rings (SSSR count). The van der Waals surface area contributed by atoms with Crippen molar-refractivity contribution in [3.05, 3.63) is 0 Å². The van der Waals surface area contributed by atoms with E-state index in [1.807, 2.05) is 6.26 Å². The van der Waals surface area contributed by atoms with E-state index >= 15 is 0 Å². The fourth-order valence-corrected chi connectivity index (χ4v) is 4.73. The summed E-state index contributed by atoms with van der Waals surface area (Å²) >= 11 is 1.60. The van der Waals surface area contributed by atoms with Crippen LogP contribution in [0.25, 0.3) is 0 Å². The van der Waals surface area contributed by atoms with Crippen molar-refractivity contribution in [2.45, 2.75) is 75.6 Å². The van der Waals surface area contributed by atoms with Gasteiger partial charge in [0.15, 0.2) is 5.67 Å². The zero-order valence-corrected chi connectivity index (χ0v) is 15.6. The molecule has 1 heterocycles. The molecule has 24 heavy (non-hydrogen) atoms. The molecule has 2 saturated carbocycles. The Morgan fingerprint density at radius 2 is 2.00 bits per heavy atom. The average Bonchev–Trinajstić information content (AvgIpc) is 2.59. The maximum Gasteiger partial charge on any atom is 0.260 e. The number of rotatable bonds is 6. The molecular formula is C18H31FN2O2S. The predicted octanol–water partition coefficient (Wildman–Crippen LogP) is 3.31. The lowest BCUT2D eigenvalue weighted by Gasteiger charge is -2.43. The number of carbonyl (C=O) groups is 1. The lowest BCUT2D eigenvalue weighted by molar-refractivity contribution is -0.155. The van der Waals surface area contributed by atoms with Gasteiger partial charge in [0.2, 0.25) is 0 Å². The lowest BCUT2D eigenvalue weighted by atomic mass is 9.80. The summed E-state index contributed by atoms with van der Waals surface area (Å²) in [6, 6.07) is 0.240. The summed E-state index contributed by atoms with van der Waals surface area (Å²) in [4.78, 5) is 14.2. The van der Waals surface area contributed by atoms with Gasteiger partial charge in [-0.3, -0.25) is 9.52 Å². The number of nitrogens with one attached hydrogen (secondary N) is 1. The van der Waals surface area contributed by atoms with Crippen LogP contribution in [-0.4, -0.2) is 54.6 Å². The van der Waals surface area contributed by atoms with Crippen LogP contribution in [0.3, 0.4) is 0 Å². The van der Waals surface area contributed by atoms with Gasteiger partial charge < -0.3 is 9.64 Å². The van der Waals surface area contributed by atoms with Gasteiger partial charge in [-0.05, 0) is 50.7 Å².